The van der Waals surface area contributed by atoms with Gasteiger partial charge in [0.25, 0.3) is 0 Å². The molecule has 0 bridgehead atoms. The second-order valence-electron chi connectivity index (χ2n) is 4.46. The fraction of sp³-hybridized carbons (Fsp3) is 0.500. The molecule has 7 heteroatoms. The van der Waals surface area contributed by atoms with Crippen LogP contribution < -0.4 is 5.32 Å². The van der Waals surface area contributed by atoms with Gasteiger partial charge in [0.2, 0.25) is 0 Å². The zero-order chi connectivity index (χ0) is 13.8. The Labute approximate surface area is 110 Å². The van der Waals surface area contributed by atoms with Crippen molar-refractivity contribution >= 4 is 22.8 Å². The minimum atomic E-state index is -0.817. The van der Waals surface area contributed by atoms with Gasteiger partial charge in [0.15, 0.2) is 5.65 Å². The summed E-state index contributed by atoms with van der Waals surface area (Å²) in [6.07, 6.45) is 4.89. The number of hydrogen-bond acceptors (Lipinski definition) is 5. The van der Waals surface area contributed by atoms with Gasteiger partial charge in [0, 0.05) is 13.1 Å². The van der Waals surface area contributed by atoms with Crippen molar-refractivity contribution in [3.63, 3.8) is 0 Å². The summed E-state index contributed by atoms with van der Waals surface area (Å²) in [4.78, 5) is 19.2. The molecular formula is C12H17N5O2. The van der Waals surface area contributed by atoms with Crippen LogP contribution >= 0.6 is 0 Å². The number of aliphatic carboxylic acids is 1. The number of rotatable bonds is 6. The van der Waals surface area contributed by atoms with Crippen LogP contribution in [0.2, 0.25) is 0 Å². The smallest absolute Gasteiger partial charge is 0.305 e. The number of nitrogens with one attached hydrogen (secondary N) is 1. The van der Waals surface area contributed by atoms with Crippen LogP contribution in [-0.2, 0) is 11.8 Å². The van der Waals surface area contributed by atoms with Crippen LogP contribution in [0.25, 0.3) is 11.0 Å². The molecule has 19 heavy (non-hydrogen) atoms. The quantitative estimate of drug-likeness (QED) is 0.818. The number of fused-ring (bicyclic) bond motifs is 1. The molecule has 0 aromatic carbocycles. The predicted octanol–water partition coefficient (Wildman–Crippen LogP) is 1.42. The summed E-state index contributed by atoms with van der Waals surface area (Å²) in [5, 5.41) is 17.0. The Balaban J connectivity index is 2.25. The zero-order valence-corrected chi connectivity index (χ0v) is 11.0. The molecule has 0 saturated heterocycles. The van der Waals surface area contributed by atoms with Gasteiger partial charge in [-0.3, -0.25) is 9.48 Å². The molecule has 0 saturated carbocycles. The average molecular weight is 263 g/mol. The highest BCUT2D eigenvalue weighted by atomic mass is 16.4. The number of aryl methyl sites for hydroxylation is 1. The van der Waals surface area contributed by atoms with Crippen molar-refractivity contribution in [3.05, 3.63) is 12.5 Å². The summed E-state index contributed by atoms with van der Waals surface area (Å²) in [5.74, 6) is -0.180. The molecule has 0 aliphatic rings. The number of carboxylic acid groups (broad SMARTS) is 1. The minimum absolute atomic E-state index is 0.0690. The molecule has 0 aliphatic heterocycles. The summed E-state index contributed by atoms with van der Waals surface area (Å²) >= 11 is 0. The van der Waals surface area contributed by atoms with Gasteiger partial charge in [-0.05, 0) is 6.42 Å². The predicted molar refractivity (Wildman–Crippen MR) is 70.9 cm³/mol. The molecular weight excluding hydrogens is 246 g/mol. The van der Waals surface area contributed by atoms with E-state index < -0.39 is 5.97 Å². The Morgan fingerprint density at radius 2 is 2.32 bits per heavy atom. The molecule has 0 aliphatic carbocycles. The van der Waals surface area contributed by atoms with Crippen molar-refractivity contribution in [2.45, 2.75) is 32.2 Å². The third-order valence-electron chi connectivity index (χ3n) is 2.93. The maximum absolute atomic E-state index is 10.9. The van der Waals surface area contributed by atoms with Gasteiger partial charge in [-0.1, -0.05) is 13.3 Å². The number of aromatic nitrogens is 4. The van der Waals surface area contributed by atoms with E-state index in [2.05, 4.69) is 20.4 Å². The van der Waals surface area contributed by atoms with Gasteiger partial charge in [0.05, 0.1) is 18.0 Å². The number of hydrogen-bond donors (Lipinski definition) is 2. The molecule has 1 unspecified atom stereocenters. The monoisotopic (exact) mass is 263 g/mol. The molecule has 2 heterocycles. The first-order valence-corrected chi connectivity index (χ1v) is 6.22. The fourth-order valence-corrected chi connectivity index (χ4v) is 2.05. The molecule has 0 amide bonds. The van der Waals surface area contributed by atoms with Crippen molar-refractivity contribution in [3.8, 4) is 0 Å². The number of carboxylic acids is 1. The largest absolute Gasteiger partial charge is 0.481 e. The maximum atomic E-state index is 10.9. The Hall–Kier alpha value is -2.18. The fourth-order valence-electron chi connectivity index (χ4n) is 2.05. The van der Waals surface area contributed by atoms with Crippen molar-refractivity contribution in [2.24, 2.45) is 7.05 Å². The zero-order valence-electron chi connectivity index (χ0n) is 11.0. The van der Waals surface area contributed by atoms with Crippen LogP contribution in [0.15, 0.2) is 12.5 Å². The highest BCUT2D eigenvalue weighted by Gasteiger charge is 2.15. The van der Waals surface area contributed by atoms with E-state index in [1.54, 1.807) is 17.9 Å². The molecule has 0 spiro atoms. The highest BCUT2D eigenvalue weighted by Crippen LogP contribution is 2.20. The number of nitrogens with zero attached hydrogens (tertiary/aromatic N) is 4. The maximum Gasteiger partial charge on any atom is 0.305 e. The van der Waals surface area contributed by atoms with Gasteiger partial charge in [-0.15, -0.1) is 0 Å². The number of carbonyl (C=O) groups is 1. The van der Waals surface area contributed by atoms with Crippen molar-refractivity contribution in [2.75, 3.05) is 5.32 Å². The second-order valence-corrected chi connectivity index (χ2v) is 4.46. The normalized spacial score (nSPS) is 12.5. The van der Waals surface area contributed by atoms with E-state index in [0.717, 1.165) is 23.9 Å². The lowest BCUT2D eigenvalue weighted by atomic mass is 10.1. The van der Waals surface area contributed by atoms with Gasteiger partial charge < -0.3 is 10.4 Å². The van der Waals surface area contributed by atoms with Crippen LogP contribution in [0, 0.1) is 0 Å². The van der Waals surface area contributed by atoms with E-state index in [-0.39, 0.29) is 12.5 Å². The molecule has 2 rings (SSSR count). The molecule has 2 N–H and O–H groups in total. The van der Waals surface area contributed by atoms with Crippen LogP contribution in [0.1, 0.15) is 26.2 Å². The third-order valence-corrected chi connectivity index (χ3v) is 2.93. The first-order valence-electron chi connectivity index (χ1n) is 6.22. The van der Waals surface area contributed by atoms with E-state index in [9.17, 15) is 4.79 Å². The summed E-state index contributed by atoms with van der Waals surface area (Å²) in [6, 6.07) is -0.138. The Kier molecular flexibility index (Phi) is 3.94. The molecule has 0 radical (unpaired) electrons. The van der Waals surface area contributed by atoms with Crippen LogP contribution in [0.4, 0.5) is 5.82 Å². The lowest BCUT2D eigenvalue weighted by molar-refractivity contribution is -0.137. The van der Waals surface area contributed by atoms with E-state index in [1.807, 2.05) is 6.92 Å². The molecule has 0 fully saturated rings. The van der Waals surface area contributed by atoms with Gasteiger partial charge >= 0.3 is 5.97 Å². The van der Waals surface area contributed by atoms with Gasteiger partial charge in [0.1, 0.15) is 12.1 Å². The molecule has 7 nitrogen and oxygen atoms in total. The lowest BCUT2D eigenvalue weighted by Crippen LogP contribution is -2.23. The van der Waals surface area contributed by atoms with Crippen molar-refractivity contribution in [1.29, 1.82) is 0 Å². The van der Waals surface area contributed by atoms with Gasteiger partial charge in [-0.25, -0.2) is 9.97 Å². The van der Waals surface area contributed by atoms with E-state index in [4.69, 9.17) is 5.11 Å². The highest BCUT2D eigenvalue weighted by molar-refractivity contribution is 5.86. The molecule has 2 aromatic heterocycles. The SMILES string of the molecule is CCCC(CC(=O)O)Nc1ncnc2c1cnn2C. The summed E-state index contributed by atoms with van der Waals surface area (Å²) in [6.45, 7) is 2.02. The average Bonchev–Trinajstić information content (AvgIpc) is 2.72. The minimum Gasteiger partial charge on any atom is -0.481 e. The van der Waals surface area contributed by atoms with E-state index in [0.29, 0.717) is 5.82 Å². The van der Waals surface area contributed by atoms with Crippen molar-refractivity contribution in [1.82, 2.24) is 19.7 Å². The van der Waals surface area contributed by atoms with Crippen LogP contribution in [0.3, 0.4) is 0 Å². The van der Waals surface area contributed by atoms with Crippen molar-refractivity contribution < 1.29 is 9.90 Å². The van der Waals surface area contributed by atoms with Crippen LogP contribution in [-0.4, -0.2) is 36.9 Å². The third kappa shape index (κ3) is 2.98. The number of anilines is 1. The van der Waals surface area contributed by atoms with E-state index in [1.165, 1.54) is 6.33 Å². The first kappa shape index (κ1) is 13.3. The Morgan fingerprint density at radius 1 is 1.53 bits per heavy atom. The molecule has 102 valence electrons. The molecule has 1 atom stereocenters. The topological polar surface area (TPSA) is 92.9 Å². The summed E-state index contributed by atoms with van der Waals surface area (Å²) in [7, 11) is 1.81. The summed E-state index contributed by atoms with van der Waals surface area (Å²) < 4.78 is 1.66. The Bertz CT molecular complexity index is 581. The standard InChI is InChI=1S/C12H17N5O2/c1-3-4-8(5-10(18)19)16-11-9-6-15-17(2)12(9)14-7-13-11/h6-8H,3-5H2,1-2H3,(H,18,19)(H,13,14,16). The summed E-state index contributed by atoms with van der Waals surface area (Å²) in [5.41, 5.74) is 0.725. The second kappa shape index (κ2) is 5.64. The molecule has 2 aromatic rings. The van der Waals surface area contributed by atoms with E-state index >= 15 is 0 Å². The first-order chi connectivity index (χ1) is 9.11. The van der Waals surface area contributed by atoms with Crippen LogP contribution in [0.5, 0.6) is 0 Å². The lowest BCUT2D eigenvalue weighted by Gasteiger charge is -2.16. The Morgan fingerprint density at radius 3 is 3.00 bits per heavy atom. The van der Waals surface area contributed by atoms with Gasteiger partial charge in [-0.2, -0.15) is 5.10 Å².